The van der Waals surface area contributed by atoms with Gasteiger partial charge in [0.05, 0.1) is 47.3 Å². The Labute approximate surface area is 170 Å². The second kappa shape index (κ2) is 7.56. The molecule has 0 bridgehead atoms. The maximum Gasteiger partial charge on any atom is 0.260 e. The molecule has 29 heavy (non-hydrogen) atoms. The summed E-state index contributed by atoms with van der Waals surface area (Å²) in [4.78, 5) is 23.2. The van der Waals surface area contributed by atoms with Crippen molar-refractivity contribution in [2.24, 2.45) is 0 Å². The lowest BCUT2D eigenvalue weighted by Crippen LogP contribution is -2.25. The van der Waals surface area contributed by atoms with Crippen LogP contribution in [0.1, 0.15) is 10.4 Å². The van der Waals surface area contributed by atoms with E-state index in [-0.39, 0.29) is 5.91 Å². The molecule has 1 aliphatic heterocycles. The van der Waals surface area contributed by atoms with Crippen molar-refractivity contribution in [3.63, 3.8) is 0 Å². The molecule has 4 rings (SSSR count). The first-order valence-electron chi connectivity index (χ1n) is 9.49. The highest BCUT2D eigenvalue weighted by atomic mass is 16.2. The number of anilines is 5. The number of nitrogens with one attached hydrogen (secondary N) is 1. The second-order valence-electron chi connectivity index (χ2n) is 7.42. The van der Waals surface area contributed by atoms with Gasteiger partial charge in [-0.25, -0.2) is 4.98 Å². The Hall–Kier alpha value is -3.39. The Morgan fingerprint density at radius 3 is 2.62 bits per heavy atom. The number of hydrogen-bond acceptors (Lipinski definition) is 6. The highest BCUT2D eigenvalue weighted by Crippen LogP contribution is 2.39. The van der Waals surface area contributed by atoms with Gasteiger partial charge in [0, 0.05) is 32.9 Å². The quantitative estimate of drug-likeness (QED) is 0.721. The third-order valence-corrected chi connectivity index (χ3v) is 5.07. The first-order chi connectivity index (χ1) is 13.9. The highest BCUT2D eigenvalue weighted by Gasteiger charge is 2.27. The number of carbonyl (C=O) groups excluding carboxylic acids is 1. The van der Waals surface area contributed by atoms with Crippen LogP contribution < -0.4 is 15.1 Å². The molecule has 150 valence electrons. The lowest BCUT2D eigenvalue weighted by atomic mass is 10.1. The number of benzene rings is 1. The first kappa shape index (κ1) is 18.9. The number of rotatable bonds is 5. The van der Waals surface area contributed by atoms with Crippen molar-refractivity contribution in [2.75, 3.05) is 49.9 Å². The molecule has 0 unspecified atom stereocenters. The van der Waals surface area contributed by atoms with E-state index in [4.69, 9.17) is 0 Å². The van der Waals surface area contributed by atoms with Gasteiger partial charge in [0.15, 0.2) is 0 Å². The van der Waals surface area contributed by atoms with Crippen molar-refractivity contribution in [1.82, 2.24) is 19.7 Å². The molecular formula is C21H25N7O. The van der Waals surface area contributed by atoms with Gasteiger partial charge in [0.1, 0.15) is 5.82 Å². The average molecular weight is 391 g/mol. The fraction of sp³-hybridized carbons (Fsp3) is 0.286. The van der Waals surface area contributed by atoms with Gasteiger partial charge in [-0.3, -0.25) is 9.48 Å². The average Bonchev–Trinajstić information content (AvgIpc) is 3.15. The topological polar surface area (TPSA) is 69.5 Å². The predicted octanol–water partition coefficient (Wildman–Crippen LogP) is 2.94. The van der Waals surface area contributed by atoms with Crippen molar-refractivity contribution in [2.45, 2.75) is 6.54 Å². The molecule has 0 spiro atoms. The number of hydrogen-bond donors (Lipinski definition) is 1. The molecule has 2 aromatic heterocycles. The van der Waals surface area contributed by atoms with E-state index in [1.54, 1.807) is 24.3 Å². The van der Waals surface area contributed by atoms with Gasteiger partial charge in [-0.2, -0.15) is 5.10 Å². The van der Waals surface area contributed by atoms with Crippen LogP contribution in [0.25, 0.3) is 0 Å². The monoisotopic (exact) mass is 391 g/mol. The zero-order chi connectivity index (χ0) is 20.5. The Morgan fingerprint density at radius 1 is 1.03 bits per heavy atom. The fourth-order valence-corrected chi connectivity index (χ4v) is 3.40. The van der Waals surface area contributed by atoms with Crippen LogP contribution >= 0.6 is 0 Å². The molecule has 0 atom stereocenters. The summed E-state index contributed by atoms with van der Waals surface area (Å²) in [7, 11) is 7.82. The van der Waals surface area contributed by atoms with Crippen molar-refractivity contribution >= 4 is 34.5 Å². The fourth-order valence-electron chi connectivity index (χ4n) is 3.40. The molecular weight excluding hydrogens is 366 g/mol. The van der Waals surface area contributed by atoms with E-state index in [1.165, 1.54) is 0 Å². The summed E-state index contributed by atoms with van der Waals surface area (Å²) in [6.07, 6.45) is 5.48. The Balaban J connectivity index is 1.63. The highest BCUT2D eigenvalue weighted by molar-refractivity contribution is 6.13. The summed E-state index contributed by atoms with van der Waals surface area (Å²) in [5.74, 6) is 0.652. The molecule has 0 saturated carbocycles. The molecule has 8 nitrogen and oxygen atoms in total. The van der Waals surface area contributed by atoms with Crippen LogP contribution in [0, 0.1) is 0 Å². The van der Waals surface area contributed by atoms with Crippen molar-refractivity contribution < 1.29 is 4.79 Å². The minimum atomic E-state index is -0.0455. The molecule has 1 aliphatic rings. The Morgan fingerprint density at radius 2 is 1.83 bits per heavy atom. The van der Waals surface area contributed by atoms with Crippen molar-refractivity contribution in [3.8, 4) is 0 Å². The third kappa shape index (κ3) is 3.66. The molecule has 1 amide bonds. The number of para-hydroxylation sites is 1. The lowest BCUT2D eigenvalue weighted by molar-refractivity contribution is 0.0994. The van der Waals surface area contributed by atoms with Gasteiger partial charge in [0.25, 0.3) is 5.91 Å². The summed E-state index contributed by atoms with van der Waals surface area (Å²) < 4.78 is 1.90. The third-order valence-electron chi connectivity index (χ3n) is 5.07. The van der Waals surface area contributed by atoms with E-state index in [2.05, 4.69) is 20.3 Å². The smallest absolute Gasteiger partial charge is 0.260 e. The van der Waals surface area contributed by atoms with Crippen LogP contribution in [-0.4, -0.2) is 60.3 Å². The number of nitrogens with zero attached hydrogens (tertiary/aromatic N) is 6. The maximum atomic E-state index is 12.9. The minimum absolute atomic E-state index is 0.0455. The van der Waals surface area contributed by atoms with Crippen molar-refractivity contribution in [3.05, 3.63) is 54.5 Å². The molecule has 3 heterocycles. The summed E-state index contributed by atoms with van der Waals surface area (Å²) >= 11 is 0. The van der Waals surface area contributed by atoms with Crippen molar-refractivity contribution in [1.29, 1.82) is 0 Å². The van der Waals surface area contributed by atoms with Gasteiger partial charge in [0.2, 0.25) is 0 Å². The van der Waals surface area contributed by atoms with E-state index in [1.807, 2.05) is 67.3 Å². The number of fused-ring (bicyclic) bond motifs is 2. The summed E-state index contributed by atoms with van der Waals surface area (Å²) in [6.45, 7) is 1.74. The van der Waals surface area contributed by atoms with Crippen LogP contribution in [0.4, 0.5) is 28.6 Å². The standard InChI is InChI=1S/C21H25N7O/c1-25(2)9-10-28-14-15(12-23-28)24-20-11-18-19(13-22-20)27(4)21(29)16-7-5-6-8-17(16)26(18)3/h5-8,11-14H,9-10H2,1-4H3,(H,22,24). The summed E-state index contributed by atoms with van der Waals surface area (Å²) in [5.41, 5.74) is 4.09. The van der Waals surface area contributed by atoms with Crippen LogP contribution in [0.3, 0.4) is 0 Å². The number of aromatic nitrogens is 3. The molecule has 1 aromatic carbocycles. The molecule has 1 N–H and O–H groups in total. The van der Waals surface area contributed by atoms with Crippen LogP contribution in [0.2, 0.25) is 0 Å². The molecule has 0 saturated heterocycles. The van der Waals surface area contributed by atoms with E-state index in [0.717, 1.165) is 35.8 Å². The van der Waals surface area contributed by atoms with E-state index < -0.39 is 0 Å². The molecule has 0 aliphatic carbocycles. The van der Waals surface area contributed by atoms with Gasteiger partial charge in [-0.1, -0.05) is 12.1 Å². The van der Waals surface area contributed by atoms with Gasteiger partial charge >= 0.3 is 0 Å². The number of carbonyl (C=O) groups is 1. The first-order valence-corrected chi connectivity index (χ1v) is 9.49. The Kier molecular flexibility index (Phi) is 4.94. The molecule has 0 radical (unpaired) electrons. The summed E-state index contributed by atoms with van der Waals surface area (Å²) in [5, 5.41) is 7.70. The van der Waals surface area contributed by atoms with Crippen LogP contribution in [0.5, 0.6) is 0 Å². The zero-order valence-corrected chi connectivity index (χ0v) is 17.1. The number of likely N-dealkylation sites (N-methyl/N-ethyl adjacent to an activating group) is 1. The largest absolute Gasteiger partial charge is 0.342 e. The normalized spacial score (nSPS) is 13.3. The van der Waals surface area contributed by atoms with Gasteiger partial charge < -0.3 is 20.0 Å². The Bertz CT molecular complexity index is 1040. The summed E-state index contributed by atoms with van der Waals surface area (Å²) in [6, 6.07) is 9.59. The van der Waals surface area contributed by atoms with E-state index >= 15 is 0 Å². The van der Waals surface area contributed by atoms with Gasteiger partial charge in [-0.05, 0) is 26.2 Å². The predicted molar refractivity (Wildman–Crippen MR) is 116 cm³/mol. The maximum absolute atomic E-state index is 12.9. The van der Waals surface area contributed by atoms with E-state index in [9.17, 15) is 4.79 Å². The molecule has 8 heteroatoms. The van der Waals surface area contributed by atoms with E-state index in [0.29, 0.717) is 11.4 Å². The lowest BCUT2D eigenvalue weighted by Gasteiger charge is -2.22. The van der Waals surface area contributed by atoms with Gasteiger partial charge in [-0.15, -0.1) is 0 Å². The molecule has 3 aromatic rings. The SMILES string of the molecule is CN(C)CCn1cc(Nc2cc3c(cn2)N(C)C(=O)c2ccccc2N3C)cn1. The number of amides is 1. The molecule has 0 fully saturated rings. The minimum Gasteiger partial charge on any atom is -0.342 e. The zero-order valence-electron chi connectivity index (χ0n) is 17.1. The van der Waals surface area contributed by atoms with Crippen LogP contribution in [0.15, 0.2) is 48.9 Å². The second-order valence-corrected chi connectivity index (χ2v) is 7.42. The number of pyridine rings is 1. The van der Waals surface area contributed by atoms with Crippen LogP contribution in [-0.2, 0) is 6.54 Å².